The highest BCUT2D eigenvalue weighted by molar-refractivity contribution is 6.88. The molecule has 1 aromatic rings. The largest absolute Gasteiger partial charge is 0.473 e. The minimum absolute atomic E-state index is 0.347. The molecule has 2 nitrogen and oxygen atoms in total. The van der Waals surface area contributed by atoms with Gasteiger partial charge in [-0.25, -0.2) is 0 Å². The van der Waals surface area contributed by atoms with Gasteiger partial charge in [0, 0.05) is 13.0 Å². The number of unbranched alkanes of at least 4 members (excludes halogenated alkanes) is 9. The predicted molar refractivity (Wildman–Crippen MR) is 102 cm³/mol. The Hall–Kier alpha value is -0.983. The molecule has 0 amide bonds. The molecule has 0 fully saturated rings. The first-order chi connectivity index (χ1) is 11.1. The second kappa shape index (κ2) is 11.5. The number of furan rings is 1. The summed E-state index contributed by atoms with van der Waals surface area (Å²) in [5.41, 5.74) is 1.10. The van der Waals surface area contributed by atoms with Crippen molar-refractivity contribution < 1.29 is 9.52 Å². The normalized spacial score (nSPS) is 11.3. The van der Waals surface area contributed by atoms with Crippen LogP contribution in [0.3, 0.4) is 0 Å². The van der Waals surface area contributed by atoms with Crippen LogP contribution < -0.4 is 5.38 Å². The van der Waals surface area contributed by atoms with Gasteiger partial charge in [-0.2, -0.15) is 0 Å². The van der Waals surface area contributed by atoms with Crippen molar-refractivity contribution in [3.05, 3.63) is 17.9 Å². The van der Waals surface area contributed by atoms with Crippen molar-refractivity contribution in [2.75, 3.05) is 6.61 Å². The molecule has 0 unspecified atom stereocenters. The fraction of sp³-hybridized carbons (Fsp3) is 0.700. The Labute approximate surface area is 143 Å². The van der Waals surface area contributed by atoms with Gasteiger partial charge in [0.05, 0.1) is 17.2 Å². The Kier molecular flexibility index (Phi) is 10.1. The number of aliphatic hydroxyl groups excluding tert-OH is 1. The Morgan fingerprint density at radius 2 is 1.48 bits per heavy atom. The molecule has 3 heteroatoms. The van der Waals surface area contributed by atoms with Gasteiger partial charge in [-0.1, -0.05) is 76.4 Å². The third-order valence-electron chi connectivity index (χ3n) is 4.03. The van der Waals surface area contributed by atoms with Crippen molar-refractivity contribution >= 4 is 13.5 Å². The molecule has 0 aliphatic rings. The molecule has 0 saturated heterocycles. The SMILES string of the molecule is C[Si](C)(C)c1occc1C#CCCCCCCCCCCCO. The van der Waals surface area contributed by atoms with E-state index in [9.17, 15) is 0 Å². The van der Waals surface area contributed by atoms with Crippen molar-refractivity contribution in [2.45, 2.75) is 83.8 Å². The van der Waals surface area contributed by atoms with Crippen molar-refractivity contribution in [3.63, 3.8) is 0 Å². The number of rotatable bonds is 11. The lowest BCUT2D eigenvalue weighted by Gasteiger charge is -2.12. The van der Waals surface area contributed by atoms with Gasteiger partial charge in [0.1, 0.15) is 8.07 Å². The van der Waals surface area contributed by atoms with Crippen LogP contribution in [0.15, 0.2) is 16.7 Å². The third kappa shape index (κ3) is 9.03. The summed E-state index contributed by atoms with van der Waals surface area (Å²) in [4.78, 5) is 0. The van der Waals surface area contributed by atoms with Crippen molar-refractivity contribution in [1.82, 2.24) is 0 Å². The van der Waals surface area contributed by atoms with Crippen molar-refractivity contribution in [2.24, 2.45) is 0 Å². The van der Waals surface area contributed by atoms with Gasteiger partial charge in [0.2, 0.25) is 0 Å². The maximum atomic E-state index is 8.71. The first-order valence-electron chi connectivity index (χ1n) is 9.23. The topological polar surface area (TPSA) is 33.4 Å². The van der Waals surface area contributed by atoms with Gasteiger partial charge in [-0.05, 0) is 18.9 Å². The van der Waals surface area contributed by atoms with E-state index in [4.69, 9.17) is 9.52 Å². The van der Waals surface area contributed by atoms with E-state index in [0.717, 1.165) is 23.8 Å². The van der Waals surface area contributed by atoms with E-state index in [-0.39, 0.29) is 0 Å². The zero-order chi connectivity index (χ0) is 17.0. The van der Waals surface area contributed by atoms with Crippen LogP contribution in [0.2, 0.25) is 19.6 Å². The summed E-state index contributed by atoms with van der Waals surface area (Å²) >= 11 is 0. The maximum Gasteiger partial charge on any atom is 0.125 e. The average Bonchev–Trinajstić information content (AvgIpc) is 2.97. The van der Waals surface area contributed by atoms with Crippen LogP contribution >= 0.6 is 0 Å². The summed E-state index contributed by atoms with van der Waals surface area (Å²) in [7, 11) is -1.41. The van der Waals surface area contributed by atoms with Crippen LogP contribution in [0.4, 0.5) is 0 Å². The fourth-order valence-corrected chi connectivity index (χ4v) is 4.08. The molecule has 130 valence electrons. The molecular formula is C20H34O2Si. The van der Waals surface area contributed by atoms with E-state index in [1.165, 1.54) is 51.4 Å². The summed E-state index contributed by atoms with van der Waals surface area (Å²) in [5, 5.41) is 9.84. The molecule has 0 aliphatic heterocycles. The summed E-state index contributed by atoms with van der Waals surface area (Å²) in [5.74, 6) is 6.62. The van der Waals surface area contributed by atoms with Crippen molar-refractivity contribution in [3.8, 4) is 11.8 Å². The maximum absolute atomic E-state index is 8.71. The molecule has 0 aliphatic carbocycles. The van der Waals surface area contributed by atoms with Gasteiger partial charge in [0.15, 0.2) is 0 Å². The smallest absolute Gasteiger partial charge is 0.125 e. The molecule has 1 rings (SSSR count). The molecule has 1 heterocycles. The highest BCUT2D eigenvalue weighted by Gasteiger charge is 2.23. The Morgan fingerprint density at radius 3 is 2.04 bits per heavy atom. The molecule has 0 saturated carbocycles. The average molecular weight is 335 g/mol. The van der Waals surface area contributed by atoms with E-state index >= 15 is 0 Å². The summed E-state index contributed by atoms with van der Waals surface area (Å²) in [6.07, 6.45) is 14.0. The fourth-order valence-electron chi connectivity index (χ4n) is 2.71. The van der Waals surface area contributed by atoms with E-state index in [1.54, 1.807) is 6.26 Å². The zero-order valence-corrected chi connectivity index (χ0v) is 16.3. The number of hydrogen-bond acceptors (Lipinski definition) is 2. The van der Waals surface area contributed by atoms with Crippen LogP contribution in [-0.4, -0.2) is 19.8 Å². The van der Waals surface area contributed by atoms with Gasteiger partial charge in [0.25, 0.3) is 0 Å². The predicted octanol–water partition coefficient (Wildman–Crippen LogP) is 5.07. The lowest BCUT2D eigenvalue weighted by Crippen LogP contribution is -2.38. The quantitative estimate of drug-likeness (QED) is 0.348. The lowest BCUT2D eigenvalue weighted by molar-refractivity contribution is 0.282. The molecular weight excluding hydrogens is 300 g/mol. The molecule has 0 aromatic carbocycles. The van der Waals surface area contributed by atoms with Crippen molar-refractivity contribution in [1.29, 1.82) is 0 Å². The first kappa shape index (κ1) is 20.1. The van der Waals surface area contributed by atoms with Gasteiger partial charge < -0.3 is 9.52 Å². The Balaban J connectivity index is 2.07. The molecule has 1 aromatic heterocycles. The van der Waals surface area contributed by atoms with Gasteiger partial charge in [-0.15, -0.1) is 0 Å². The first-order valence-corrected chi connectivity index (χ1v) is 12.7. The molecule has 0 spiro atoms. The highest BCUT2D eigenvalue weighted by atomic mass is 28.3. The monoisotopic (exact) mass is 334 g/mol. The Morgan fingerprint density at radius 1 is 0.913 bits per heavy atom. The molecule has 23 heavy (non-hydrogen) atoms. The van der Waals surface area contributed by atoms with E-state index in [1.807, 2.05) is 6.07 Å². The minimum Gasteiger partial charge on any atom is -0.473 e. The van der Waals surface area contributed by atoms with Crippen LogP contribution in [-0.2, 0) is 0 Å². The van der Waals surface area contributed by atoms with Gasteiger partial charge in [-0.3, -0.25) is 0 Å². The van der Waals surface area contributed by atoms with Crippen LogP contribution in [0.25, 0.3) is 0 Å². The van der Waals surface area contributed by atoms with E-state index in [2.05, 4.69) is 31.5 Å². The zero-order valence-electron chi connectivity index (χ0n) is 15.3. The standard InChI is InChI=1S/C20H34O2Si/c1-23(2,3)20-19(16-18-22-20)15-13-11-9-7-5-4-6-8-10-12-14-17-21/h16,18,21H,4-12,14,17H2,1-3H3. The van der Waals surface area contributed by atoms with Crippen LogP contribution in [0, 0.1) is 11.8 Å². The molecule has 1 N–H and O–H groups in total. The second-order valence-electron chi connectivity index (χ2n) is 7.37. The third-order valence-corrected chi connectivity index (χ3v) is 5.78. The summed E-state index contributed by atoms with van der Waals surface area (Å²) < 4.78 is 5.63. The highest BCUT2D eigenvalue weighted by Crippen LogP contribution is 2.11. The number of hydrogen-bond donors (Lipinski definition) is 1. The summed E-state index contributed by atoms with van der Waals surface area (Å²) in [6, 6.07) is 2.01. The van der Waals surface area contributed by atoms with Gasteiger partial charge >= 0.3 is 0 Å². The Bertz CT molecular complexity index is 474. The van der Waals surface area contributed by atoms with E-state index in [0.29, 0.717) is 6.61 Å². The van der Waals surface area contributed by atoms with Crippen LogP contribution in [0.1, 0.15) is 69.8 Å². The summed E-state index contributed by atoms with van der Waals surface area (Å²) in [6.45, 7) is 7.22. The van der Waals surface area contributed by atoms with Crippen LogP contribution in [0.5, 0.6) is 0 Å². The lowest BCUT2D eigenvalue weighted by atomic mass is 10.1. The van der Waals surface area contributed by atoms with E-state index < -0.39 is 8.07 Å². The molecule has 0 atom stereocenters. The number of aliphatic hydroxyl groups is 1. The second-order valence-corrected chi connectivity index (χ2v) is 12.3. The minimum atomic E-state index is -1.41. The molecule has 0 radical (unpaired) electrons. The molecule has 0 bridgehead atoms.